The smallest absolute Gasteiger partial charge is 0.246 e. The molecule has 1 aliphatic carbocycles. The van der Waals surface area contributed by atoms with Gasteiger partial charge >= 0.3 is 0 Å². The summed E-state index contributed by atoms with van der Waals surface area (Å²) in [6.07, 6.45) is 3.46. The van der Waals surface area contributed by atoms with Gasteiger partial charge in [0.2, 0.25) is 5.91 Å². The zero-order valence-electron chi connectivity index (χ0n) is 6.05. The monoisotopic (exact) mass is 140 g/mol. The van der Waals surface area contributed by atoms with E-state index >= 15 is 0 Å². The van der Waals surface area contributed by atoms with Gasteiger partial charge in [0.25, 0.3) is 0 Å². The lowest BCUT2D eigenvalue weighted by Gasteiger charge is -2.01. The van der Waals surface area contributed by atoms with Gasteiger partial charge in [0, 0.05) is 18.7 Å². The van der Waals surface area contributed by atoms with Crippen LogP contribution in [0.1, 0.15) is 12.8 Å². The van der Waals surface area contributed by atoms with Crippen molar-refractivity contribution in [2.75, 3.05) is 7.05 Å². The van der Waals surface area contributed by atoms with Crippen LogP contribution in [0.25, 0.3) is 0 Å². The molecule has 0 bridgehead atoms. The van der Waals surface area contributed by atoms with Crippen LogP contribution in [0.15, 0.2) is 11.6 Å². The Kier molecular flexibility index (Phi) is 2.06. The molecule has 0 aromatic carbocycles. The number of nitrogens with two attached hydrogens (primary N) is 1. The minimum atomic E-state index is 0.00736. The quantitative estimate of drug-likeness (QED) is 0.529. The van der Waals surface area contributed by atoms with Crippen LogP contribution in [-0.4, -0.2) is 19.0 Å². The fourth-order valence-corrected chi connectivity index (χ4v) is 1.09. The lowest BCUT2D eigenvalue weighted by molar-refractivity contribution is -0.117. The van der Waals surface area contributed by atoms with Gasteiger partial charge < -0.3 is 11.1 Å². The number of carbonyl (C=O) groups is 1. The van der Waals surface area contributed by atoms with E-state index in [2.05, 4.69) is 5.32 Å². The summed E-state index contributed by atoms with van der Waals surface area (Å²) in [6, 6.07) is 0.160. The molecular formula is C7H12N2O. The second kappa shape index (κ2) is 2.84. The Balaban J connectivity index is 2.51. The fraction of sp³-hybridized carbons (Fsp3) is 0.571. The second-order valence-electron chi connectivity index (χ2n) is 2.51. The Morgan fingerprint density at radius 1 is 1.90 bits per heavy atom. The molecule has 0 aromatic rings. The van der Waals surface area contributed by atoms with Gasteiger partial charge in [-0.15, -0.1) is 0 Å². The van der Waals surface area contributed by atoms with Gasteiger partial charge in [-0.05, 0) is 12.8 Å². The van der Waals surface area contributed by atoms with Crippen LogP contribution in [0.5, 0.6) is 0 Å². The van der Waals surface area contributed by atoms with E-state index in [1.54, 1.807) is 7.05 Å². The fourth-order valence-electron chi connectivity index (χ4n) is 1.09. The average Bonchev–Trinajstić information content (AvgIpc) is 2.34. The maximum Gasteiger partial charge on any atom is 0.246 e. The van der Waals surface area contributed by atoms with Crippen molar-refractivity contribution in [3.05, 3.63) is 11.6 Å². The molecular weight excluding hydrogens is 128 g/mol. The number of hydrogen-bond acceptors (Lipinski definition) is 2. The highest BCUT2D eigenvalue weighted by molar-refractivity contribution is 5.93. The minimum absolute atomic E-state index is 0.00736. The van der Waals surface area contributed by atoms with Gasteiger partial charge in [0.15, 0.2) is 0 Å². The zero-order valence-corrected chi connectivity index (χ0v) is 6.05. The molecule has 1 atom stereocenters. The first kappa shape index (κ1) is 7.28. The van der Waals surface area contributed by atoms with Crippen molar-refractivity contribution in [3.63, 3.8) is 0 Å². The van der Waals surface area contributed by atoms with Crippen molar-refractivity contribution in [2.45, 2.75) is 18.9 Å². The van der Waals surface area contributed by atoms with Crippen LogP contribution in [0.2, 0.25) is 0 Å². The Labute approximate surface area is 60.3 Å². The van der Waals surface area contributed by atoms with Crippen molar-refractivity contribution in [2.24, 2.45) is 5.73 Å². The lowest BCUT2D eigenvalue weighted by atomic mass is 10.2. The van der Waals surface area contributed by atoms with Crippen molar-refractivity contribution in [1.82, 2.24) is 5.32 Å². The molecule has 3 N–H and O–H groups in total. The Hall–Kier alpha value is -0.830. The van der Waals surface area contributed by atoms with Gasteiger partial charge in [-0.1, -0.05) is 6.08 Å². The molecule has 3 heteroatoms. The molecule has 1 unspecified atom stereocenters. The van der Waals surface area contributed by atoms with Crippen LogP contribution < -0.4 is 11.1 Å². The molecule has 10 heavy (non-hydrogen) atoms. The van der Waals surface area contributed by atoms with E-state index in [9.17, 15) is 4.79 Å². The van der Waals surface area contributed by atoms with Crippen LogP contribution in [0, 0.1) is 0 Å². The maximum atomic E-state index is 10.9. The van der Waals surface area contributed by atoms with E-state index < -0.39 is 0 Å². The van der Waals surface area contributed by atoms with Crippen LogP contribution in [-0.2, 0) is 4.79 Å². The molecule has 0 radical (unpaired) electrons. The van der Waals surface area contributed by atoms with Gasteiger partial charge in [0.05, 0.1) is 0 Å². The minimum Gasteiger partial charge on any atom is -0.355 e. The molecule has 1 rings (SSSR count). The first-order valence-corrected chi connectivity index (χ1v) is 3.40. The summed E-state index contributed by atoms with van der Waals surface area (Å²) in [6.45, 7) is 0. The highest BCUT2D eigenvalue weighted by Crippen LogP contribution is 2.16. The molecule has 56 valence electrons. The maximum absolute atomic E-state index is 10.9. The van der Waals surface area contributed by atoms with Gasteiger partial charge in [-0.3, -0.25) is 4.79 Å². The lowest BCUT2D eigenvalue weighted by Crippen LogP contribution is -2.22. The van der Waals surface area contributed by atoms with Crippen LogP contribution in [0.3, 0.4) is 0 Å². The Bertz CT molecular complexity index is 174. The molecule has 0 saturated carbocycles. The highest BCUT2D eigenvalue weighted by Gasteiger charge is 2.17. The predicted octanol–water partition coefficient (Wildman–Crippen LogP) is -0.220. The van der Waals surface area contributed by atoms with Gasteiger partial charge in [0.1, 0.15) is 0 Å². The largest absolute Gasteiger partial charge is 0.355 e. The summed E-state index contributed by atoms with van der Waals surface area (Å²) in [7, 11) is 1.63. The number of amides is 1. The van der Waals surface area contributed by atoms with Crippen molar-refractivity contribution >= 4 is 5.91 Å². The van der Waals surface area contributed by atoms with Crippen molar-refractivity contribution in [1.29, 1.82) is 0 Å². The summed E-state index contributed by atoms with van der Waals surface area (Å²) >= 11 is 0. The Morgan fingerprint density at radius 2 is 2.60 bits per heavy atom. The number of rotatable bonds is 1. The van der Waals surface area contributed by atoms with E-state index in [0.29, 0.717) is 0 Å². The topological polar surface area (TPSA) is 55.1 Å². The molecule has 0 fully saturated rings. The highest BCUT2D eigenvalue weighted by atomic mass is 16.1. The summed E-state index contributed by atoms with van der Waals surface area (Å²) in [5, 5.41) is 2.56. The third kappa shape index (κ3) is 1.36. The Morgan fingerprint density at radius 3 is 3.00 bits per heavy atom. The van der Waals surface area contributed by atoms with Crippen LogP contribution in [0.4, 0.5) is 0 Å². The molecule has 0 aromatic heterocycles. The van der Waals surface area contributed by atoms with Gasteiger partial charge in [-0.25, -0.2) is 0 Å². The number of carbonyl (C=O) groups excluding carboxylic acids is 1. The predicted molar refractivity (Wildman–Crippen MR) is 39.4 cm³/mol. The van der Waals surface area contributed by atoms with E-state index in [-0.39, 0.29) is 11.9 Å². The zero-order chi connectivity index (χ0) is 7.56. The number of likely N-dealkylation sites (N-methyl/N-ethyl adjacent to an activating group) is 1. The average molecular weight is 140 g/mol. The van der Waals surface area contributed by atoms with E-state index in [0.717, 1.165) is 18.4 Å². The second-order valence-corrected chi connectivity index (χ2v) is 2.51. The molecule has 0 spiro atoms. The van der Waals surface area contributed by atoms with Crippen molar-refractivity contribution < 1.29 is 4.79 Å². The molecule has 0 heterocycles. The van der Waals surface area contributed by atoms with Crippen LogP contribution >= 0.6 is 0 Å². The number of nitrogens with one attached hydrogen (secondary N) is 1. The summed E-state index contributed by atoms with van der Waals surface area (Å²) < 4.78 is 0. The third-order valence-electron chi connectivity index (χ3n) is 1.67. The van der Waals surface area contributed by atoms with E-state index in [1.807, 2.05) is 6.08 Å². The first-order valence-electron chi connectivity index (χ1n) is 3.40. The van der Waals surface area contributed by atoms with E-state index in [1.165, 1.54) is 0 Å². The van der Waals surface area contributed by atoms with E-state index in [4.69, 9.17) is 5.73 Å². The molecule has 1 aliphatic rings. The molecule has 1 amide bonds. The number of hydrogen-bond donors (Lipinski definition) is 2. The summed E-state index contributed by atoms with van der Waals surface area (Å²) in [5.41, 5.74) is 6.41. The normalized spacial score (nSPS) is 24.2. The third-order valence-corrected chi connectivity index (χ3v) is 1.67. The molecule has 0 saturated heterocycles. The molecule has 0 aliphatic heterocycles. The summed E-state index contributed by atoms with van der Waals surface area (Å²) in [4.78, 5) is 10.9. The SMILES string of the molecule is CNC(=O)C1=CCC(N)C1. The first-order chi connectivity index (χ1) is 4.74. The standard InChI is InChI=1S/C7H12N2O/c1-9-7(10)5-2-3-6(8)4-5/h2,6H,3-4,8H2,1H3,(H,9,10). The van der Waals surface area contributed by atoms with Gasteiger partial charge in [-0.2, -0.15) is 0 Å². The van der Waals surface area contributed by atoms with Crippen molar-refractivity contribution in [3.8, 4) is 0 Å². The molecule has 3 nitrogen and oxygen atoms in total. The summed E-state index contributed by atoms with van der Waals surface area (Å²) in [5.74, 6) is 0.00736.